The predicted octanol–water partition coefficient (Wildman–Crippen LogP) is 4.21. The van der Waals surface area contributed by atoms with Crippen LogP contribution in [0.5, 0.6) is 0 Å². The second-order valence-electron chi connectivity index (χ2n) is 4.23. The van der Waals surface area contributed by atoms with Gasteiger partial charge in [-0.15, -0.1) is 6.58 Å². The second kappa shape index (κ2) is 6.01. The Morgan fingerprint density at radius 1 is 1.22 bits per heavy atom. The van der Waals surface area contributed by atoms with Crippen LogP contribution in [0, 0.1) is 0 Å². The van der Waals surface area contributed by atoms with Crippen molar-refractivity contribution in [1.82, 2.24) is 0 Å². The molecule has 0 aliphatic rings. The third kappa shape index (κ3) is 2.98. The van der Waals surface area contributed by atoms with Crippen molar-refractivity contribution in [3.63, 3.8) is 0 Å². The zero-order chi connectivity index (χ0) is 12.8. The molecular formula is C16H16O2. The fourth-order valence-electron chi connectivity index (χ4n) is 1.99. The van der Waals surface area contributed by atoms with Gasteiger partial charge in [0.15, 0.2) is 5.78 Å². The quantitative estimate of drug-likeness (QED) is 0.559. The molecule has 1 unspecified atom stereocenters. The topological polar surface area (TPSA) is 30.2 Å². The van der Waals surface area contributed by atoms with Gasteiger partial charge in [0.2, 0.25) is 0 Å². The lowest BCUT2D eigenvalue weighted by Crippen LogP contribution is -2.06. The van der Waals surface area contributed by atoms with Gasteiger partial charge in [-0.05, 0) is 18.6 Å². The molecule has 0 spiro atoms. The molecule has 18 heavy (non-hydrogen) atoms. The molecule has 2 aromatic rings. The van der Waals surface area contributed by atoms with E-state index in [9.17, 15) is 4.79 Å². The lowest BCUT2D eigenvalue weighted by Gasteiger charge is -2.11. The van der Waals surface area contributed by atoms with Crippen LogP contribution in [0.3, 0.4) is 0 Å². The zero-order valence-electron chi connectivity index (χ0n) is 10.2. The monoisotopic (exact) mass is 240 g/mol. The molecule has 0 aliphatic heterocycles. The van der Waals surface area contributed by atoms with Crippen molar-refractivity contribution < 1.29 is 9.21 Å². The highest BCUT2D eigenvalue weighted by Crippen LogP contribution is 2.26. The molecule has 0 radical (unpaired) electrons. The van der Waals surface area contributed by atoms with Gasteiger partial charge in [0, 0.05) is 17.9 Å². The third-order valence-electron chi connectivity index (χ3n) is 2.92. The molecule has 2 rings (SSSR count). The van der Waals surface area contributed by atoms with Gasteiger partial charge in [0.25, 0.3) is 0 Å². The molecule has 0 saturated heterocycles. The van der Waals surface area contributed by atoms with E-state index in [4.69, 9.17) is 4.42 Å². The lowest BCUT2D eigenvalue weighted by molar-refractivity contribution is 0.0970. The van der Waals surface area contributed by atoms with Gasteiger partial charge in [-0.2, -0.15) is 0 Å². The SMILES string of the molecule is C=CCC(CC(=O)c1ccccc1)c1ccco1. The van der Waals surface area contributed by atoms with Crippen LogP contribution in [0.1, 0.15) is 34.9 Å². The predicted molar refractivity (Wildman–Crippen MR) is 71.7 cm³/mol. The van der Waals surface area contributed by atoms with E-state index < -0.39 is 0 Å². The smallest absolute Gasteiger partial charge is 0.163 e. The van der Waals surface area contributed by atoms with Gasteiger partial charge in [0.05, 0.1) is 6.26 Å². The van der Waals surface area contributed by atoms with Crippen molar-refractivity contribution in [2.45, 2.75) is 18.8 Å². The number of carbonyl (C=O) groups excluding carboxylic acids is 1. The fraction of sp³-hybridized carbons (Fsp3) is 0.188. The maximum Gasteiger partial charge on any atom is 0.163 e. The Bertz CT molecular complexity index is 497. The molecule has 1 atom stereocenters. The molecule has 0 saturated carbocycles. The van der Waals surface area contributed by atoms with Crippen molar-refractivity contribution in [1.29, 1.82) is 0 Å². The summed E-state index contributed by atoms with van der Waals surface area (Å²) in [6, 6.07) is 13.1. The molecule has 0 N–H and O–H groups in total. The minimum absolute atomic E-state index is 0.0743. The summed E-state index contributed by atoms with van der Waals surface area (Å²) in [5, 5.41) is 0. The van der Waals surface area contributed by atoms with Gasteiger partial charge >= 0.3 is 0 Å². The number of carbonyl (C=O) groups is 1. The Morgan fingerprint density at radius 3 is 2.61 bits per heavy atom. The van der Waals surface area contributed by atoms with E-state index in [0.29, 0.717) is 6.42 Å². The minimum atomic E-state index is 0.0743. The summed E-state index contributed by atoms with van der Waals surface area (Å²) in [5.74, 6) is 1.06. The van der Waals surface area contributed by atoms with Gasteiger partial charge in [-0.25, -0.2) is 0 Å². The Labute approximate surface area is 107 Å². The van der Waals surface area contributed by atoms with E-state index in [1.807, 2.05) is 48.5 Å². The van der Waals surface area contributed by atoms with Crippen LogP contribution >= 0.6 is 0 Å². The number of furan rings is 1. The summed E-state index contributed by atoms with van der Waals surface area (Å²) in [6.45, 7) is 3.74. The highest BCUT2D eigenvalue weighted by atomic mass is 16.3. The highest BCUT2D eigenvalue weighted by molar-refractivity contribution is 5.96. The first-order valence-electron chi connectivity index (χ1n) is 6.04. The number of ketones is 1. The van der Waals surface area contributed by atoms with Crippen LogP contribution in [0.25, 0.3) is 0 Å². The highest BCUT2D eigenvalue weighted by Gasteiger charge is 2.18. The van der Waals surface area contributed by atoms with Crippen LogP contribution in [0.4, 0.5) is 0 Å². The Hall–Kier alpha value is -2.09. The van der Waals surface area contributed by atoms with Gasteiger partial charge in [-0.3, -0.25) is 4.79 Å². The first-order chi connectivity index (χ1) is 8.81. The van der Waals surface area contributed by atoms with Gasteiger partial charge in [-0.1, -0.05) is 36.4 Å². The Morgan fingerprint density at radius 2 is 2.00 bits per heavy atom. The number of hydrogen-bond acceptors (Lipinski definition) is 2. The second-order valence-corrected chi connectivity index (χ2v) is 4.23. The largest absolute Gasteiger partial charge is 0.469 e. The molecule has 2 heteroatoms. The number of Topliss-reactive ketones (excluding diaryl/α,β-unsaturated/α-hetero) is 1. The van der Waals surface area contributed by atoms with Crippen LogP contribution in [0.15, 0.2) is 65.8 Å². The average Bonchev–Trinajstić information content (AvgIpc) is 2.93. The maximum absolute atomic E-state index is 12.1. The molecule has 1 heterocycles. The lowest BCUT2D eigenvalue weighted by atomic mass is 9.93. The summed E-state index contributed by atoms with van der Waals surface area (Å²) in [7, 11) is 0. The summed E-state index contributed by atoms with van der Waals surface area (Å²) in [5.41, 5.74) is 0.748. The number of allylic oxidation sites excluding steroid dienone is 1. The standard InChI is InChI=1S/C16H16O2/c1-2-7-14(16-10-6-11-18-16)12-15(17)13-8-4-3-5-9-13/h2-6,8-11,14H,1,7,12H2. The average molecular weight is 240 g/mol. The Kier molecular flexibility index (Phi) is 4.13. The van der Waals surface area contributed by atoms with Crippen molar-refractivity contribution in [2.24, 2.45) is 0 Å². The summed E-state index contributed by atoms with van der Waals surface area (Å²) < 4.78 is 5.38. The van der Waals surface area contributed by atoms with E-state index in [-0.39, 0.29) is 11.7 Å². The molecular weight excluding hydrogens is 224 g/mol. The summed E-state index contributed by atoms with van der Waals surface area (Å²) >= 11 is 0. The van der Waals surface area contributed by atoms with Gasteiger partial charge < -0.3 is 4.42 Å². The molecule has 0 bridgehead atoms. The first-order valence-corrected chi connectivity index (χ1v) is 6.04. The number of rotatable bonds is 6. The van der Waals surface area contributed by atoms with Crippen LogP contribution in [-0.4, -0.2) is 5.78 Å². The number of benzene rings is 1. The molecule has 1 aromatic carbocycles. The molecule has 92 valence electrons. The molecule has 2 nitrogen and oxygen atoms in total. The van der Waals surface area contributed by atoms with Crippen molar-refractivity contribution in [2.75, 3.05) is 0 Å². The summed E-state index contributed by atoms with van der Waals surface area (Å²) in [6.07, 6.45) is 4.65. The van der Waals surface area contributed by atoms with E-state index >= 15 is 0 Å². The van der Waals surface area contributed by atoms with E-state index in [2.05, 4.69) is 6.58 Å². The Balaban J connectivity index is 2.10. The van der Waals surface area contributed by atoms with E-state index in [1.54, 1.807) is 6.26 Å². The third-order valence-corrected chi connectivity index (χ3v) is 2.92. The van der Waals surface area contributed by atoms with Crippen molar-refractivity contribution >= 4 is 5.78 Å². The molecule has 1 aromatic heterocycles. The maximum atomic E-state index is 12.1. The van der Waals surface area contributed by atoms with Crippen molar-refractivity contribution in [3.8, 4) is 0 Å². The van der Waals surface area contributed by atoms with E-state index in [0.717, 1.165) is 17.7 Å². The molecule has 0 aliphatic carbocycles. The van der Waals surface area contributed by atoms with Gasteiger partial charge in [0.1, 0.15) is 5.76 Å². The van der Waals surface area contributed by atoms with Crippen LogP contribution < -0.4 is 0 Å². The fourth-order valence-corrected chi connectivity index (χ4v) is 1.99. The normalized spacial score (nSPS) is 12.0. The van der Waals surface area contributed by atoms with Crippen LogP contribution in [-0.2, 0) is 0 Å². The minimum Gasteiger partial charge on any atom is -0.469 e. The van der Waals surface area contributed by atoms with E-state index in [1.165, 1.54) is 0 Å². The summed E-state index contributed by atoms with van der Waals surface area (Å²) in [4.78, 5) is 12.1. The molecule has 0 fully saturated rings. The first kappa shape index (κ1) is 12.4. The van der Waals surface area contributed by atoms with Crippen molar-refractivity contribution in [3.05, 3.63) is 72.7 Å². The zero-order valence-corrected chi connectivity index (χ0v) is 10.2. The molecule has 0 amide bonds. The van der Waals surface area contributed by atoms with Crippen LogP contribution in [0.2, 0.25) is 0 Å². The number of hydrogen-bond donors (Lipinski definition) is 0.